The van der Waals surface area contributed by atoms with Gasteiger partial charge in [-0.1, -0.05) is 6.07 Å². The molecule has 1 heterocycles. The van der Waals surface area contributed by atoms with Crippen molar-refractivity contribution in [2.24, 2.45) is 0 Å². The first kappa shape index (κ1) is 17.8. The van der Waals surface area contributed by atoms with Crippen LogP contribution in [-0.4, -0.2) is 19.2 Å². The Morgan fingerprint density at radius 1 is 1.14 bits per heavy atom. The molecule has 0 amide bonds. The summed E-state index contributed by atoms with van der Waals surface area (Å²) in [7, 11) is 3.26. The minimum Gasteiger partial charge on any atom is -0.493 e. The average Bonchev–Trinajstić information content (AvgIpc) is 2.47. The molecule has 1 N–H and O–H groups in total. The third-order valence-corrected chi connectivity index (χ3v) is 3.46. The van der Waals surface area contributed by atoms with E-state index in [2.05, 4.69) is 26.2 Å². The van der Waals surface area contributed by atoms with Crippen LogP contribution >= 0.6 is 28.3 Å². The Morgan fingerprint density at radius 2 is 1.90 bits per heavy atom. The second-order valence-corrected chi connectivity index (χ2v) is 5.13. The van der Waals surface area contributed by atoms with Crippen LogP contribution in [0, 0.1) is 0 Å². The van der Waals surface area contributed by atoms with Crippen molar-refractivity contribution in [1.29, 1.82) is 0 Å². The van der Waals surface area contributed by atoms with Gasteiger partial charge in [0.15, 0.2) is 11.5 Å². The average molecular weight is 374 g/mol. The normalized spacial score (nSPS) is 9.86. The number of hydrogen-bond donors (Lipinski definition) is 1. The topological polar surface area (TPSA) is 43.4 Å². The van der Waals surface area contributed by atoms with Gasteiger partial charge in [-0.15, -0.1) is 12.4 Å². The maximum absolute atomic E-state index is 5.33. The van der Waals surface area contributed by atoms with Gasteiger partial charge in [0.2, 0.25) is 0 Å². The van der Waals surface area contributed by atoms with Crippen LogP contribution in [0.3, 0.4) is 0 Å². The summed E-state index contributed by atoms with van der Waals surface area (Å²) in [5.74, 6) is 1.43. The van der Waals surface area contributed by atoms with E-state index in [1.165, 1.54) is 0 Å². The number of benzene rings is 1. The quantitative estimate of drug-likeness (QED) is 0.840. The molecule has 4 nitrogen and oxygen atoms in total. The predicted octanol–water partition coefficient (Wildman–Crippen LogP) is 3.57. The first-order valence-electron chi connectivity index (χ1n) is 6.24. The lowest BCUT2D eigenvalue weighted by molar-refractivity contribution is 0.352. The van der Waals surface area contributed by atoms with Crippen molar-refractivity contribution in [3.63, 3.8) is 0 Å². The van der Waals surface area contributed by atoms with Crippen molar-refractivity contribution in [2.75, 3.05) is 14.2 Å². The number of rotatable bonds is 6. The minimum atomic E-state index is 0. The van der Waals surface area contributed by atoms with Gasteiger partial charge in [-0.25, -0.2) is 0 Å². The van der Waals surface area contributed by atoms with Crippen molar-refractivity contribution in [3.8, 4) is 11.5 Å². The summed E-state index contributed by atoms with van der Waals surface area (Å²) < 4.78 is 11.5. The van der Waals surface area contributed by atoms with Crippen molar-refractivity contribution in [3.05, 3.63) is 52.3 Å². The Labute approximate surface area is 139 Å². The minimum absolute atomic E-state index is 0. The van der Waals surface area contributed by atoms with Gasteiger partial charge < -0.3 is 14.8 Å². The smallest absolute Gasteiger partial charge is 0.174 e. The summed E-state index contributed by atoms with van der Waals surface area (Å²) in [6.45, 7) is 1.52. The van der Waals surface area contributed by atoms with E-state index in [9.17, 15) is 0 Å². The first-order valence-corrected chi connectivity index (χ1v) is 7.04. The second kappa shape index (κ2) is 8.87. The van der Waals surface area contributed by atoms with Gasteiger partial charge in [-0.3, -0.25) is 4.98 Å². The fraction of sp³-hybridized carbons (Fsp3) is 0.267. The number of methoxy groups -OCH3 is 2. The number of aromatic nitrogens is 1. The molecule has 0 aliphatic heterocycles. The fourth-order valence-electron chi connectivity index (χ4n) is 1.93. The molecule has 0 saturated carbocycles. The van der Waals surface area contributed by atoms with Crippen LogP contribution in [0.4, 0.5) is 0 Å². The van der Waals surface area contributed by atoms with E-state index in [1.807, 2.05) is 30.5 Å². The summed E-state index contributed by atoms with van der Waals surface area (Å²) in [4.78, 5) is 4.09. The molecule has 0 aliphatic carbocycles. The number of pyridine rings is 1. The van der Waals surface area contributed by atoms with Gasteiger partial charge in [-0.05, 0) is 45.3 Å². The van der Waals surface area contributed by atoms with Crippen LogP contribution in [0.2, 0.25) is 0 Å². The van der Waals surface area contributed by atoms with Crippen LogP contribution < -0.4 is 14.8 Å². The third kappa shape index (κ3) is 4.88. The molecule has 1 aromatic carbocycles. The Balaban J connectivity index is 0.00000220. The molecular formula is C15H18BrClN2O2. The maximum Gasteiger partial charge on any atom is 0.174 e. The second-order valence-electron chi connectivity index (χ2n) is 4.28. The highest BCUT2D eigenvalue weighted by molar-refractivity contribution is 9.10. The highest BCUT2D eigenvalue weighted by Gasteiger charge is 2.10. The zero-order valence-corrected chi connectivity index (χ0v) is 14.3. The van der Waals surface area contributed by atoms with Crippen LogP contribution in [0.15, 0.2) is 41.1 Å². The Hall–Kier alpha value is -1.30. The Morgan fingerprint density at radius 3 is 2.52 bits per heavy atom. The van der Waals surface area contributed by atoms with Crippen LogP contribution in [-0.2, 0) is 13.1 Å². The molecule has 0 bridgehead atoms. The number of nitrogens with zero attached hydrogens (tertiary/aromatic N) is 1. The van der Waals surface area contributed by atoms with E-state index in [4.69, 9.17) is 9.47 Å². The van der Waals surface area contributed by atoms with Gasteiger partial charge in [0.1, 0.15) is 0 Å². The summed E-state index contributed by atoms with van der Waals surface area (Å²) >= 11 is 3.49. The van der Waals surface area contributed by atoms with Gasteiger partial charge in [0, 0.05) is 25.5 Å². The monoisotopic (exact) mass is 372 g/mol. The largest absolute Gasteiger partial charge is 0.493 e. The molecule has 0 saturated heterocycles. The molecular weight excluding hydrogens is 356 g/mol. The first-order chi connectivity index (χ1) is 9.74. The van der Waals surface area contributed by atoms with E-state index in [0.29, 0.717) is 5.75 Å². The summed E-state index contributed by atoms with van der Waals surface area (Å²) in [6.07, 6.45) is 3.63. The molecule has 0 aliphatic rings. The molecule has 2 aromatic rings. The zero-order chi connectivity index (χ0) is 14.4. The molecule has 0 spiro atoms. The fourth-order valence-corrected chi connectivity index (χ4v) is 2.58. The number of nitrogens with one attached hydrogen (secondary N) is 1. The number of halogens is 2. The summed E-state index contributed by atoms with van der Waals surface area (Å²) in [5.41, 5.74) is 2.28. The summed E-state index contributed by atoms with van der Waals surface area (Å²) in [6, 6.07) is 7.98. The van der Waals surface area contributed by atoms with Crippen LogP contribution in [0.5, 0.6) is 11.5 Å². The Kier molecular flexibility index (Phi) is 7.50. The molecule has 2 rings (SSSR count). The number of hydrogen-bond acceptors (Lipinski definition) is 4. The highest BCUT2D eigenvalue weighted by atomic mass is 79.9. The van der Waals surface area contributed by atoms with Gasteiger partial charge in [-0.2, -0.15) is 0 Å². The van der Waals surface area contributed by atoms with E-state index in [-0.39, 0.29) is 12.4 Å². The van der Waals surface area contributed by atoms with E-state index < -0.39 is 0 Å². The van der Waals surface area contributed by atoms with Gasteiger partial charge >= 0.3 is 0 Å². The molecule has 0 fully saturated rings. The molecule has 6 heteroatoms. The van der Waals surface area contributed by atoms with Crippen molar-refractivity contribution < 1.29 is 9.47 Å². The molecule has 0 atom stereocenters. The zero-order valence-electron chi connectivity index (χ0n) is 11.9. The summed E-state index contributed by atoms with van der Waals surface area (Å²) in [5, 5.41) is 3.38. The third-order valence-electron chi connectivity index (χ3n) is 2.87. The molecule has 0 radical (unpaired) electrons. The molecule has 114 valence electrons. The van der Waals surface area contributed by atoms with Gasteiger partial charge in [0.05, 0.1) is 18.7 Å². The van der Waals surface area contributed by atoms with Crippen molar-refractivity contribution >= 4 is 28.3 Å². The SMILES string of the molecule is COc1cc(CNCc2cccnc2)cc(Br)c1OC.Cl. The molecule has 1 aromatic heterocycles. The van der Waals surface area contributed by atoms with Crippen molar-refractivity contribution in [2.45, 2.75) is 13.1 Å². The maximum atomic E-state index is 5.33. The van der Waals surface area contributed by atoms with E-state index in [0.717, 1.165) is 34.4 Å². The van der Waals surface area contributed by atoms with Crippen LogP contribution in [0.25, 0.3) is 0 Å². The van der Waals surface area contributed by atoms with E-state index >= 15 is 0 Å². The lowest BCUT2D eigenvalue weighted by Gasteiger charge is -2.12. The Bertz CT molecular complexity index is 567. The lowest BCUT2D eigenvalue weighted by Crippen LogP contribution is -2.13. The van der Waals surface area contributed by atoms with Crippen LogP contribution in [0.1, 0.15) is 11.1 Å². The lowest BCUT2D eigenvalue weighted by atomic mass is 10.2. The van der Waals surface area contributed by atoms with Crippen molar-refractivity contribution in [1.82, 2.24) is 10.3 Å². The molecule has 21 heavy (non-hydrogen) atoms. The number of ether oxygens (including phenoxy) is 2. The van der Waals surface area contributed by atoms with E-state index in [1.54, 1.807) is 20.4 Å². The van der Waals surface area contributed by atoms with Gasteiger partial charge in [0.25, 0.3) is 0 Å². The standard InChI is InChI=1S/C15H17BrN2O2.ClH/c1-19-14-7-12(6-13(16)15(14)20-2)10-18-9-11-4-3-5-17-8-11;/h3-8,18H,9-10H2,1-2H3;1H. The molecule has 0 unspecified atom stereocenters. The predicted molar refractivity (Wildman–Crippen MR) is 89.3 cm³/mol. The highest BCUT2D eigenvalue weighted by Crippen LogP contribution is 2.36.